The number of rotatable bonds is 5. The number of hydrogen-bond donors (Lipinski definition) is 2. The van der Waals surface area contributed by atoms with E-state index >= 15 is 0 Å². The van der Waals surface area contributed by atoms with Crippen molar-refractivity contribution < 1.29 is 9.18 Å². The van der Waals surface area contributed by atoms with Crippen LogP contribution in [0.3, 0.4) is 0 Å². The van der Waals surface area contributed by atoms with Gasteiger partial charge in [0.05, 0.1) is 5.69 Å². The minimum absolute atomic E-state index is 0.0264. The standard InChI is InChI=1S/C13H19FN2O/c1-9(2)16-12(17)7-8-15-13-10(3)5-4-6-11(13)14/h4-6,9,15H,7-8H2,1-3H3,(H,16,17). The van der Waals surface area contributed by atoms with E-state index < -0.39 is 0 Å². The van der Waals surface area contributed by atoms with E-state index in [9.17, 15) is 9.18 Å². The van der Waals surface area contributed by atoms with E-state index in [0.29, 0.717) is 18.7 Å². The lowest BCUT2D eigenvalue weighted by Crippen LogP contribution is -2.31. The van der Waals surface area contributed by atoms with Gasteiger partial charge in [0.2, 0.25) is 5.91 Å². The first kappa shape index (κ1) is 13.5. The average Bonchev–Trinajstić information content (AvgIpc) is 2.21. The molecule has 0 radical (unpaired) electrons. The molecule has 0 aromatic heterocycles. The number of carbonyl (C=O) groups is 1. The summed E-state index contributed by atoms with van der Waals surface area (Å²) < 4.78 is 13.4. The molecule has 2 N–H and O–H groups in total. The molecule has 1 aromatic carbocycles. The third-order valence-corrected chi connectivity index (χ3v) is 2.33. The average molecular weight is 238 g/mol. The Kier molecular flexibility index (Phi) is 4.94. The van der Waals surface area contributed by atoms with Crippen LogP contribution in [0.25, 0.3) is 0 Å². The van der Waals surface area contributed by atoms with E-state index in [1.807, 2.05) is 26.8 Å². The maximum absolute atomic E-state index is 13.4. The van der Waals surface area contributed by atoms with Gasteiger partial charge < -0.3 is 10.6 Å². The molecule has 0 heterocycles. The van der Waals surface area contributed by atoms with Crippen molar-refractivity contribution in [2.24, 2.45) is 0 Å². The molecule has 0 aliphatic carbocycles. The van der Waals surface area contributed by atoms with Crippen molar-refractivity contribution in [2.75, 3.05) is 11.9 Å². The fourth-order valence-corrected chi connectivity index (χ4v) is 1.55. The topological polar surface area (TPSA) is 41.1 Å². The number of carbonyl (C=O) groups excluding carboxylic acids is 1. The second-order valence-corrected chi connectivity index (χ2v) is 4.33. The second-order valence-electron chi connectivity index (χ2n) is 4.33. The predicted molar refractivity (Wildman–Crippen MR) is 67.5 cm³/mol. The molecule has 0 unspecified atom stereocenters. The van der Waals surface area contributed by atoms with Crippen LogP contribution in [0.4, 0.5) is 10.1 Å². The van der Waals surface area contributed by atoms with Crippen LogP contribution in [0.5, 0.6) is 0 Å². The van der Waals surface area contributed by atoms with Crippen LogP contribution in [-0.4, -0.2) is 18.5 Å². The molecule has 0 bridgehead atoms. The zero-order valence-corrected chi connectivity index (χ0v) is 10.5. The van der Waals surface area contributed by atoms with Crippen molar-refractivity contribution in [2.45, 2.75) is 33.2 Å². The third kappa shape index (κ3) is 4.43. The van der Waals surface area contributed by atoms with Crippen LogP contribution in [-0.2, 0) is 4.79 Å². The summed E-state index contributed by atoms with van der Waals surface area (Å²) in [5, 5.41) is 5.74. The van der Waals surface area contributed by atoms with Gasteiger partial charge >= 0.3 is 0 Å². The second kappa shape index (κ2) is 6.23. The number of amides is 1. The summed E-state index contributed by atoms with van der Waals surface area (Å²) in [6.45, 7) is 6.08. The Bertz CT molecular complexity index is 371. The van der Waals surface area contributed by atoms with Gasteiger partial charge in [0.15, 0.2) is 0 Å². The first-order valence-electron chi connectivity index (χ1n) is 5.79. The molecular weight excluding hydrogens is 219 g/mol. The van der Waals surface area contributed by atoms with Gasteiger partial charge in [-0.15, -0.1) is 0 Å². The van der Waals surface area contributed by atoms with Gasteiger partial charge in [-0.3, -0.25) is 4.79 Å². The number of nitrogens with one attached hydrogen (secondary N) is 2. The largest absolute Gasteiger partial charge is 0.382 e. The first-order chi connectivity index (χ1) is 8.00. The number of anilines is 1. The smallest absolute Gasteiger partial charge is 0.221 e. The van der Waals surface area contributed by atoms with Gasteiger partial charge in [-0.1, -0.05) is 12.1 Å². The van der Waals surface area contributed by atoms with Crippen molar-refractivity contribution in [1.82, 2.24) is 5.32 Å². The summed E-state index contributed by atoms with van der Waals surface area (Å²) in [6, 6.07) is 5.04. The minimum atomic E-state index is -0.283. The third-order valence-electron chi connectivity index (χ3n) is 2.33. The minimum Gasteiger partial charge on any atom is -0.382 e. The van der Waals surface area contributed by atoms with Crippen LogP contribution in [0, 0.1) is 12.7 Å². The molecule has 3 nitrogen and oxygen atoms in total. The Labute approximate surface area is 101 Å². The number of hydrogen-bond acceptors (Lipinski definition) is 2. The first-order valence-corrected chi connectivity index (χ1v) is 5.79. The van der Waals surface area contributed by atoms with E-state index in [2.05, 4.69) is 10.6 Å². The van der Waals surface area contributed by atoms with Crippen LogP contribution in [0.15, 0.2) is 18.2 Å². The molecule has 0 saturated carbocycles. The normalized spacial score (nSPS) is 10.4. The van der Waals surface area contributed by atoms with Crippen LogP contribution in [0.1, 0.15) is 25.8 Å². The van der Waals surface area contributed by atoms with Gasteiger partial charge in [0.25, 0.3) is 0 Å². The molecule has 0 aliphatic heterocycles. The Morgan fingerprint density at radius 3 is 2.71 bits per heavy atom. The van der Waals surface area contributed by atoms with Gasteiger partial charge in [-0.25, -0.2) is 4.39 Å². The van der Waals surface area contributed by atoms with E-state index in [0.717, 1.165) is 5.56 Å². The van der Waals surface area contributed by atoms with Crippen molar-refractivity contribution in [3.8, 4) is 0 Å². The molecule has 0 saturated heterocycles. The lowest BCUT2D eigenvalue weighted by atomic mass is 10.2. The molecule has 0 atom stereocenters. The van der Waals surface area contributed by atoms with Gasteiger partial charge in [0.1, 0.15) is 5.82 Å². The molecule has 1 amide bonds. The number of aryl methyl sites for hydroxylation is 1. The maximum atomic E-state index is 13.4. The van der Waals surface area contributed by atoms with Crippen LogP contribution >= 0.6 is 0 Å². The summed E-state index contributed by atoms with van der Waals surface area (Å²) in [5.74, 6) is -0.309. The summed E-state index contributed by atoms with van der Waals surface area (Å²) in [7, 11) is 0. The summed E-state index contributed by atoms with van der Waals surface area (Å²) in [6.07, 6.45) is 0.339. The SMILES string of the molecule is Cc1cccc(F)c1NCCC(=O)NC(C)C. The molecule has 4 heteroatoms. The highest BCUT2D eigenvalue weighted by Crippen LogP contribution is 2.18. The molecule has 0 fully saturated rings. The highest BCUT2D eigenvalue weighted by atomic mass is 19.1. The zero-order chi connectivity index (χ0) is 12.8. The predicted octanol–water partition coefficient (Wildman–Crippen LogP) is 2.46. The fraction of sp³-hybridized carbons (Fsp3) is 0.462. The summed E-state index contributed by atoms with van der Waals surface area (Å²) >= 11 is 0. The van der Waals surface area contributed by atoms with Crippen molar-refractivity contribution in [1.29, 1.82) is 0 Å². The monoisotopic (exact) mass is 238 g/mol. The fourth-order valence-electron chi connectivity index (χ4n) is 1.55. The van der Waals surface area contributed by atoms with E-state index in [4.69, 9.17) is 0 Å². The molecule has 0 spiro atoms. The highest BCUT2D eigenvalue weighted by Gasteiger charge is 2.06. The Balaban J connectivity index is 2.43. The van der Waals surface area contributed by atoms with Crippen molar-refractivity contribution in [3.05, 3.63) is 29.6 Å². The Morgan fingerprint density at radius 1 is 1.41 bits per heavy atom. The van der Waals surface area contributed by atoms with Crippen molar-refractivity contribution >= 4 is 11.6 Å². The highest BCUT2D eigenvalue weighted by molar-refractivity contribution is 5.76. The molecule has 17 heavy (non-hydrogen) atoms. The lowest BCUT2D eigenvalue weighted by molar-refractivity contribution is -0.121. The lowest BCUT2D eigenvalue weighted by Gasteiger charge is -2.11. The quantitative estimate of drug-likeness (QED) is 0.827. The van der Waals surface area contributed by atoms with Crippen LogP contribution < -0.4 is 10.6 Å². The van der Waals surface area contributed by atoms with E-state index in [1.54, 1.807) is 6.07 Å². The van der Waals surface area contributed by atoms with Crippen molar-refractivity contribution in [3.63, 3.8) is 0 Å². The van der Waals surface area contributed by atoms with E-state index in [-0.39, 0.29) is 17.8 Å². The molecule has 1 rings (SSSR count). The Morgan fingerprint density at radius 2 is 2.12 bits per heavy atom. The number of benzene rings is 1. The Hall–Kier alpha value is -1.58. The zero-order valence-electron chi connectivity index (χ0n) is 10.5. The molecular formula is C13H19FN2O. The molecule has 1 aromatic rings. The maximum Gasteiger partial charge on any atom is 0.221 e. The summed E-state index contributed by atoms with van der Waals surface area (Å²) in [5.41, 5.74) is 1.32. The van der Waals surface area contributed by atoms with Gasteiger partial charge in [-0.2, -0.15) is 0 Å². The van der Waals surface area contributed by atoms with Gasteiger partial charge in [-0.05, 0) is 32.4 Å². The van der Waals surface area contributed by atoms with Gasteiger partial charge in [0, 0.05) is 19.0 Å². The van der Waals surface area contributed by atoms with E-state index in [1.165, 1.54) is 6.07 Å². The number of halogens is 1. The molecule has 0 aliphatic rings. The molecule has 94 valence electrons. The number of para-hydroxylation sites is 1. The van der Waals surface area contributed by atoms with Crippen LogP contribution in [0.2, 0.25) is 0 Å². The summed E-state index contributed by atoms with van der Waals surface area (Å²) in [4.78, 5) is 11.4.